The van der Waals surface area contributed by atoms with Crippen LogP contribution in [-0.2, 0) is 6.42 Å². The monoisotopic (exact) mass is 288 g/mol. The van der Waals surface area contributed by atoms with Crippen molar-refractivity contribution < 1.29 is 5.21 Å². The van der Waals surface area contributed by atoms with Crippen LogP contribution in [0.4, 0.5) is 0 Å². The highest BCUT2D eigenvalue weighted by Gasteiger charge is 2.09. The third kappa shape index (κ3) is 3.04. The summed E-state index contributed by atoms with van der Waals surface area (Å²) >= 11 is 0. The molecule has 3 heteroatoms. The van der Waals surface area contributed by atoms with Crippen LogP contribution in [0.2, 0.25) is 0 Å². The molecule has 0 saturated carbocycles. The Labute approximate surface area is 129 Å². The summed E-state index contributed by atoms with van der Waals surface area (Å²) in [6.45, 7) is 0. The van der Waals surface area contributed by atoms with E-state index in [0.717, 1.165) is 28.1 Å². The maximum Gasteiger partial charge on any atom is 0.0783 e. The average molecular weight is 288 g/mol. The van der Waals surface area contributed by atoms with Crippen LogP contribution in [0.3, 0.4) is 0 Å². The first-order valence-corrected chi connectivity index (χ1v) is 7.15. The molecular weight excluding hydrogens is 272 g/mol. The van der Waals surface area contributed by atoms with Crippen LogP contribution in [0, 0.1) is 0 Å². The lowest BCUT2D eigenvalue weighted by Gasteiger charge is -2.11. The average Bonchev–Trinajstić information content (AvgIpc) is 2.61. The Kier molecular flexibility index (Phi) is 4.25. The van der Waals surface area contributed by atoms with Crippen LogP contribution in [-0.4, -0.2) is 16.4 Å². The zero-order chi connectivity index (χ0) is 15.2. The van der Waals surface area contributed by atoms with E-state index < -0.39 is 0 Å². The zero-order valence-corrected chi connectivity index (χ0v) is 12.1. The smallest absolute Gasteiger partial charge is 0.0783 e. The molecule has 108 valence electrons. The summed E-state index contributed by atoms with van der Waals surface area (Å²) in [5.74, 6) is 0. The summed E-state index contributed by atoms with van der Waals surface area (Å²) in [6, 6.07) is 24.4. The van der Waals surface area contributed by atoms with Gasteiger partial charge >= 0.3 is 0 Å². The Morgan fingerprint density at radius 3 is 2.09 bits per heavy atom. The minimum atomic E-state index is 0.505. The van der Waals surface area contributed by atoms with Gasteiger partial charge < -0.3 is 5.21 Å². The zero-order valence-electron chi connectivity index (χ0n) is 12.1. The van der Waals surface area contributed by atoms with Gasteiger partial charge in [0.25, 0.3) is 0 Å². The van der Waals surface area contributed by atoms with E-state index >= 15 is 0 Å². The Hall–Kier alpha value is -2.94. The second-order valence-corrected chi connectivity index (χ2v) is 4.93. The number of pyridine rings is 1. The van der Waals surface area contributed by atoms with Crippen LogP contribution < -0.4 is 0 Å². The number of rotatable bonds is 4. The molecule has 3 rings (SSSR count). The molecule has 3 nitrogen and oxygen atoms in total. The van der Waals surface area contributed by atoms with Gasteiger partial charge in [0, 0.05) is 29.5 Å². The summed E-state index contributed by atoms with van der Waals surface area (Å²) < 4.78 is 0. The van der Waals surface area contributed by atoms with Crippen molar-refractivity contribution in [3.8, 4) is 22.4 Å². The van der Waals surface area contributed by atoms with Crippen LogP contribution in [0.25, 0.3) is 22.4 Å². The van der Waals surface area contributed by atoms with Crippen LogP contribution >= 0.6 is 0 Å². The highest BCUT2D eigenvalue weighted by Crippen LogP contribution is 2.30. The Morgan fingerprint density at radius 1 is 0.818 bits per heavy atom. The highest BCUT2D eigenvalue weighted by atomic mass is 16.4. The molecule has 0 bridgehead atoms. The normalized spacial score (nSPS) is 10.9. The SMILES string of the molecule is ON=CCc1ccc(-c2ccccc2)c(-c2ccccc2)n1. The molecule has 0 aliphatic heterocycles. The molecule has 0 radical (unpaired) electrons. The highest BCUT2D eigenvalue weighted by molar-refractivity contribution is 5.81. The van der Waals surface area contributed by atoms with Gasteiger partial charge in [0.1, 0.15) is 0 Å². The molecule has 1 aromatic heterocycles. The third-order valence-electron chi connectivity index (χ3n) is 3.47. The largest absolute Gasteiger partial charge is 0.411 e. The molecule has 22 heavy (non-hydrogen) atoms. The number of oxime groups is 1. The topological polar surface area (TPSA) is 45.5 Å². The van der Waals surface area contributed by atoms with E-state index in [-0.39, 0.29) is 0 Å². The standard InChI is InChI=1S/C19H16N2O/c22-20-14-13-17-11-12-18(15-7-3-1-4-8-15)19(21-17)16-9-5-2-6-10-16/h1-12,14,22H,13H2. The molecule has 1 heterocycles. The number of benzene rings is 2. The fraction of sp³-hybridized carbons (Fsp3) is 0.0526. The molecule has 2 aromatic carbocycles. The first-order valence-electron chi connectivity index (χ1n) is 7.15. The molecule has 0 saturated heterocycles. The van der Waals surface area contributed by atoms with Gasteiger partial charge in [0.05, 0.1) is 5.69 Å². The van der Waals surface area contributed by atoms with Gasteiger partial charge in [-0.15, -0.1) is 5.16 Å². The van der Waals surface area contributed by atoms with Crippen molar-refractivity contribution >= 4 is 6.21 Å². The molecule has 0 amide bonds. The number of aromatic nitrogens is 1. The predicted molar refractivity (Wildman–Crippen MR) is 89.1 cm³/mol. The van der Waals surface area contributed by atoms with Crippen molar-refractivity contribution in [3.05, 3.63) is 78.5 Å². The van der Waals surface area contributed by atoms with Gasteiger partial charge in [-0.1, -0.05) is 66.7 Å². The van der Waals surface area contributed by atoms with Crippen molar-refractivity contribution in [1.29, 1.82) is 0 Å². The molecule has 3 aromatic rings. The lowest BCUT2D eigenvalue weighted by atomic mass is 9.98. The number of hydrogen-bond donors (Lipinski definition) is 1. The van der Waals surface area contributed by atoms with Gasteiger partial charge in [-0.2, -0.15) is 0 Å². The molecule has 0 atom stereocenters. The van der Waals surface area contributed by atoms with Gasteiger partial charge in [-0.25, -0.2) is 0 Å². The fourth-order valence-electron chi connectivity index (χ4n) is 2.41. The van der Waals surface area contributed by atoms with E-state index in [4.69, 9.17) is 10.2 Å². The van der Waals surface area contributed by atoms with E-state index in [1.165, 1.54) is 6.21 Å². The van der Waals surface area contributed by atoms with Gasteiger partial charge in [0.15, 0.2) is 0 Å². The van der Waals surface area contributed by atoms with Crippen molar-refractivity contribution in [2.24, 2.45) is 5.16 Å². The van der Waals surface area contributed by atoms with Crippen LogP contribution in [0.5, 0.6) is 0 Å². The quantitative estimate of drug-likeness (QED) is 0.439. The maximum atomic E-state index is 8.59. The van der Waals surface area contributed by atoms with Crippen molar-refractivity contribution in [2.45, 2.75) is 6.42 Å². The van der Waals surface area contributed by atoms with Gasteiger partial charge in [-0.3, -0.25) is 4.98 Å². The second-order valence-electron chi connectivity index (χ2n) is 4.93. The van der Waals surface area contributed by atoms with E-state index in [1.54, 1.807) is 0 Å². The van der Waals surface area contributed by atoms with Crippen molar-refractivity contribution in [2.75, 3.05) is 0 Å². The third-order valence-corrected chi connectivity index (χ3v) is 3.47. The molecule has 0 fully saturated rings. The van der Waals surface area contributed by atoms with E-state index in [1.807, 2.05) is 42.5 Å². The van der Waals surface area contributed by atoms with Gasteiger partial charge in [-0.05, 0) is 11.6 Å². The predicted octanol–water partition coefficient (Wildman–Crippen LogP) is 4.42. The summed E-state index contributed by atoms with van der Waals surface area (Å²) in [5.41, 5.74) is 5.11. The summed E-state index contributed by atoms with van der Waals surface area (Å²) in [4.78, 5) is 4.75. The number of nitrogens with zero attached hydrogens (tertiary/aromatic N) is 2. The first kappa shape index (κ1) is 14.0. The first-order chi connectivity index (χ1) is 10.9. The van der Waals surface area contributed by atoms with E-state index in [0.29, 0.717) is 6.42 Å². The summed E-state index contributed by atoms with van der Waals surface area (Å²) in [6.07, 6.45) is 1.95. The minimum Gasteiger partial charge on any atom is -0.411 e. The lowest BCUT2D eigenvalue weighted by Crippen LogP contribution is -1.96. The lowest BCUT2D eigenvalue weighted by molar-refractivity contribution is 0.320. The van der Waals surface area contributed by atoms with E-state index in [9.17, 15) is 0 Å². The fourth-order valence-corrected chi connectivity index (χ4v) is 2.41. The Bertz CT molecular complexity index is 768. The summed E-state index contributed by atoms with van der Waals surface area (Å²) in [7, 11) is 0. The molecule has 0 spiro atoms. The van der Waals surface area contributed by atoms with E-state index in [2.05, 4.69) is 35.5 Å². The maximum absolute atomic E-state index is 8.59. The van der Waals surface area contributed by atoms with Crippen LogP contribution in [0.1, 0.15) is 5.69 Å². The molecular formula is C19H16N2O. The second kappa shape index (κ2) is 6.68. The number of hydrogen-bond acceptors (Lipinski definition) is 3. The minimum absolute atomic E-state index is 0.505. The molecule has 0 unspecified atom stereocenters. The summed E-state index contributed by atoms with van der Waals surface area (Å²) in [5, 5.41) is 11.6. The van der Waals surface area contributed by atoms with Crippen LogP contribution in [0.15, 0.2) is 78.0 Å². The Morgan fingerprint density at radius 2 is 1.45 bits per heavy atom. The molecule has 0 aliphatic rings. The van der Waals surface area contributed by atoms with Gasteiger partial charge in [0.2, 0.25) is 0 Å². The molecule has 1 N–H and O–H groups in total. The molecule has 0 aliphatic carbocycles. The van der Waals surface area contributed by atoms with Crippen molar-refractivity contribution in [1.82, 2.24) is 4.98 Å². The Balaban J connectivity index is 2.13. The van der Waals surface area contributed by atoms with Crippen molar-refractivity contribution in [3.63, 3.8) is 0 Å².